The molecule has 0 aromatic rings. The van der Waals surface area contributed by atoms with E-state index in [1.807, 2.05) is 0 Å². The number of rotatable bonds is 10. The minimum absolute atomic E-state index is 0.0277. The molecule has 104 valence electrons. The van der Waals surface area contributed by atoms with Crippen LogP contribution in [0.1, 0.15) is 38.5 Å². The molecule has 0 aliphatic carbocycles. The largest absolute Gasteiger partial charge is 0.481 e. The molecule has 1 atom stereocenters. The topological polar surface area (TPSA) is 124 Å². The van der Waals surface area contributed by atoms with Crippen molar-refractivity contribution >= 4 is 17.8 Å². The first-order valence-corrected chi connectivity index (χ1v) is 5.82. The number of carboxylic acid groups (broad SMARTS) is 2. The molecule has 0 aromatic carbocycles. The molecule has 0 saturated heterocycles. The Balaban J connectivity index is 3.74. The Kier molecular flexibility index (Phi) is 8.55. The van der Waals surface area contributed by atoms with Crippen LogP contribution in [0.3, 0.4) is 0 Å². The Bertz CT molecular complexity index is 291. The molecular weight excluding hydrogens is 242 g/mol. The minimum Gasteiger partial charge on any atom is -0.481 e. The summed E-state index contributed by atoms with van der Waals surface area (Å²) in [4.78, 5) is 32.3. The molecule has 0 aromatic heterocycles. The molecule has 0 spiro atoms. The summed E-state index contributed by atoms with van der Waals surface area (Å²) in [5, 5.41) is 28.1. The van der Waals surface area contributed by atoms with Crippen LogP contribution in [0.2, 0.25) is 0 Å². The fourth-order valence-electron chi connectivity index (χ4n) is 1.39. The molecule has 0 fully saturated rings. The van der Waals surface area contributed by atoms with E-state index in [1.54, 1.807) is 0 Å². The Morgan fingerprint density at radius 3 is 2.11 bits per heavy atom. The van der Waals surface area contributed by atoms with Crippen LogP contribution in [0.15, 0.2) is 0 Å². The molecule has 0 aliphatic heterocycles. The molecule has 4 N–H and O–H groups in total. The number of aliphatic hydroxyl groups excluding tert-OH is 1. The summed E-state index contributed by atoms with van der Waals surface area (Å²) in [5.41, 5.74) is 0. The van der Waals surface area contributed by atoms with E-state index >= 15 is 0 Å². The van der Waals surface area contributed by atoms with Gasteiger partial charge in [-0.25, -0.2) is 4.79 Å². The number of unbranched alkanes of at least 4 members (excludes halogenated alkanes) is 2. The van der Waals surface area contributed by atoms with Gasteiger partial charge in [0.05, 0.1) is 0 Å². The molecule has 0 radical (unpaired) electrons. The van der Waals surface area contributed by atoms with E-state index < -0.39 is 23.9 Å². The van der Waals surface area contributed by atoms with Crippen LogP contribution in [-0.2, 0) is 14.4 Å². The number of carboxylic acids is 2. The maximum absolute atomic E-state index is 11.4. The monoisotopic (exact) mass is 261 g/mol. The molecule has 0 unspecified atom stereocenters. The van der Waals surface area contributed by atoms with Gasteiger partial charge in [-0.15, -0.1) is 0 Å². The fraction of sp³-hybridized carbons (Fsp3) is 0.727. The van der Waals surface area contributed by atoms with Crippen LogP contribution in [0.4, 0.5) is 0 Å². The van der Waals surface area contributed by atoms with Gasteiger partial charge in [0.2, 0.25) is 5.91 Å². The minimum atomic E-state index is -1.18. The van der Waals surface area contributed by atoms with Gasteiger partial charge < -0.3 is 20.6 Å². The number of aliphatic hydroxyl groups is 1. The Labute approximate surface area is 105 Å². The van der Waals surface area contributed by atoms with Crippen molar-refractivity contribution in [1.82, 2.24) is 5.32 Å². The highest BCUT2D eigenvalue weighted by Gasteiger charge is 2.18. The van der Waals surface area contributed by atoms with Crippen LogP contribution in [0.25, 0.3) is 0 Å². The van der Waals surface area contributed by atoms with Gasteiger partial charge in [0.1, 0.15) is 6.04 Å². The lowest BCUT2D eigenvalue weighted by atomic mass is 10.1. The van der Waals surface area contributed by atoms with Crippen LogP contribution in [-0.4, -0.2) is 45.8 Å². The van der Waals surface area contributed by atoms with E-state index in [0.717, 1.165) is 0 Å². The van der Waals surface area contributed by atoms with Crippen LogP contribution < -0.4 is 5.32 Å². The van der Waals surface area contributed by atoms with Crippen molar-refractivity contribution in [3.05, 3.63) is 0 Å². The predicted molar refractivity (Wildman–Crippen MR) is 62.0 cm³/mol. The van der Waals surface area contributed by atoms with Crippen LogP contribution in [0, 0.1) is 0 Å². The second kappa shape index (κ2) is 9.41. The van der Waals surface area contributed by atoms with Crippen molar-refractivity contribution < 1.29 is 29.7 Å². The third-order valence-electron chi connectivity index (χ3n) is 2.35. The summed E-state index contributed by atoms with van der Waals surface area (Å²) in [6.45, 7) is -0.310. The molecule has 0 bridgehead atoms. The van der Waals surface area contributed by atoms with Crippen molar-refractivity contribution in [2.45, 2.75) is 44.6 Å². The van der Waals surface area contributed by atoms with Gasteiger partial charge in [0, 0.05) is 25.9 Å². The maximum Gasteiger partial charge on any atom is 0.326 e. The molecule has 0 rings (SSSR count). The summed E-state index contributed by atoms with van der Waals surface area (Å²) in [6.07, 6.45) is 1.84. The highest BCUT2D eigenvalue weighted by molar-refractivity contribution is 5.83. The number of carbonyl (C=O) groups excluding carboxylic acids is 1. The standard InChI is InChI=1S/C11H19NO6/c13-7-6-8(11(17)18)12-9(14)4-2-1-3-5-10(15)16/h8,13H,1-7H2,(H,12,14)(H,15,16)(H,17,18)/t8-/m0/s1. The van der Waals surface area contributed by atoms with Gasteiger partial charge in [-0.2, -0.15) is 0 Å². The van der Waals surface area contributed by atoms with Crippen molar-refractivity contribution in [2.75, 3.05) is 6.61 Å². The van der Waals surface area contributed by atoms with E-state index in [4.69, 9.17) is 15.3 Å². The molecule has 0 saturated carbocycles. The first-order valence-electron chi connectivity index (χ1n) is 5.82. The van der Waals surface area contributed by atoms with Gasteiger partial charge in [0.15, 0.2) is 0 Å². The molecule has 7 nitrogen and oxygen atoms in total. The van der Waals surface area contributed by atoms with Crippen LogP contribution >= 0.6 is 0 Å². The van der Waals surface area contributed by atoms with E-state index in [9.17, 15) is 14.4 Å². The predicted octanol–water partition coefficient (Wildman–Crippen LogP) is -0.0267. The quantitative estimate of drug-likeness (QED) is 0.409. The van der Waals surface area contributed by atoms with Crippen molar-refractivity contribution in [3.8, 4) is 0 Å². The third kappa shape index (κ3) is 8.51. The van der Waals surface area contributed by atoms with Crippen molar-refractivity contribution in [3.63, 3.8) is 0 Å². The molecular formula is C11H19NO6. The molecule has 7 heteroatoms. The molecule has 1 amide bonds. The lowest BCUT2D eigenvalue weighted by Gasteiger charge is -2.12. The summed E-state index contributed by atoms with van der Waals surface area (Å²) in [5.74, 6) is -2.44. The van der Waals surface area contributed by atoms with E-state index in [1.165, 1.54) is 0 Å². The van der Waals surface area contributed by atoms with Crippen molar-refractivity contribution in [2.24, 2.45) is 0 Å². The number of hydrogen-bond donors (Lipinski definition) is 4. The lowest BCUT2D eigenvalue weighted by molar-refractivity contribution is -0.142. The number of carbonyl (C=O) groups is 3. The van der Waals surface area contributed by atoms with Gasteiger partial charge in [0.25, 0.3) is 0 Å². The smallest absolute Gasteiger partial charge is 0.326 e. The number of amides is 1. The van der Waals surface area contributed by atoms with Gasteiger partial charge in [-0.1, -0.05) is 6.42 Å². The zero-order chi connectivity index (χ0) is 14.0. The average Bonchev–Trinajstić information content (AvgIpc) is 2.27. The number of hydrogen-bond acceptors (Lipinski definition) is 4. The van der Waals surface area contributed by atoms with Gasteiger partial charge in [-0.3, -0.25) is 9.59 Å². The Hall–Kier alpha value is -1.63. The zero-order valence-electron chi connectivity index (χ0n) is 10.1. The van der Waals surface area contributed by atoms with Gasteiger partial charge >= 0.3 is 11.9 Å². The summed E-state index contributed by atoms with van der Waals surface area (Å²) < 4.78 is 0. The summed E-state index contributed by atoms with van der Waals surface area (Å²) in [7, 11) is 0. The SMILES string of the molecule is O=C(O)CCCCCC(=O)N[C@@H](CCO)C(=O)O. The van der Waals surface area contributed by atoms with Gasteiger partial charge in [-0.05, 0) is 12.8 Å². The normalized spacial score (nSPS) is 11.8. The van der Waals surface area contributed by atoms with E-state index in [2.05, 4.69) is 5.32 Å². The van der Waals surface area contributed by atoms with Crippen LogP contribution in [0.5, 0.6) is 0 Å². The summed E-state index contributed by atoms with van der Waals surface area (Å²) >= 11 is 0. The number of aliphatic carboxylic acids is 2. The molecule has 0 aliphatic rings. The van der Waals surface area contributed by atoms with E-state index in [-0.39, 0.29) is 25.9 Å². The molecule has 0 heterocycles. The Morgan fingerprint density at radius 1 is 1.00 bits per heavy atom. The zero-order valence-corrected chi connectivity index (χ0v) is 10.1. The number of nitrogens with one attached hydrogen (secondary N) is 1. The third-order valence-corrected chi connectivity index (χ3v) is 2.35. The first-order chi connectivity index (χ1) is 8.47. The Morgan fingerprint density at radius 2 is 1.61 bits per heavy atom. The molecule has 18 heavy (non-hydrogen) atoms. The van der Waals surface area contributed by atoms with E-state index in [0.29, 0.717) is 19.3 Å². The highest BCUT2D eigenvalue weighted by Crippen LogP contribution is 2.03. The maximum atomic E-state index is 11.4. The average molecular weight is 261 g/mol. The second-order valence-corrected chi connectivity index (χ2v) is 3.93. The highest BCUT2D eigenvalue weighted by atomic mass is 16.4. The lowest BCUT2D eigenvalue weighted by Crippen LogP contribution is -2.41. The first kappa shape index (κ1) is 16.4. The second-order valence-electron chi connectivity index (χ2n) is 3.93. The fourth-order valence-corrected chi connectivity index (χ4v) is 1.39. The summed E-state index contributed by atoms with van der Waals surface area (Å²) in [6, 6.07) is -1.07. The van der Waals surface area contributed by atoms with Crippen molar-refractivity contribution in [1.29, 1.82) is 0 Å².